The number of hydrogen-bond acceptors (Lipinski definition) is 3. The van der Waals surface area contributed by atoms with Gasteiger partial charge < -0.3 is 14.5 Å². The monoisotopic (exact) mass is 450 g/mol. The van der Waals surface area contributed by atoms with Gasteiger partial charge in [-0.3, -0.25) is 4.79 Å². The van der Waals surface area contributed by atoms with E-state index >= 15 is 0 Å². The molecule has 1 aromatic rings. The van der Waals surface area contributed by atoms with Gasteiger partial charge in [-0.1, -0.05) is 15.9 Å². The third-order valence-corrected chi connectivity index (χ3v) is 7.29. The molecule has 2 fully saturated rings. The van der Waals surface area contributed by atoms with E-state index in [1.165, 1.54) is 68.2 Å². The van der Waals surface area contributed by atoms with E-state index in [1.54, 1.807) is 14.0 Å². The Hall–Kier alpha value is -1.07. The topological polar surface area (TPSA) is 32.8 Å². The average Bonchev–Trinajstić information content (AvgIpc) is 2.71. The molecule has 1 aromatic carbocycles. The molecule has 0 aliphatic carbocycles. The second-order valence-electron chi connectivity index (χ2n) is 8.56. The number of benzene rings is 1. The smallest absolute Gasteiger partial charge is 0.219 e. The SMILES string of the molecule is COc1ccc(Br)c(CC2CCN(CCCC3CCCN(C(C)=O)C3)CC2)c1. The highest BCUT2D eigenvalue weighted by molar-refractivity contribution is 9.10. The van der Waals surface area contributed by atoms with Crippen LogP contribution in [0, 0.1) is 11.8 Å². The van der Waals surface area contributed by atoms with E-state index in [0.29, 0.717) is 5.92 Å². The molecule has 0 bridgehead atoms. The van der Waals surface area contributed by atoms with Crippen LogP contribution >= 0.6 is 15.9 Å². The summed E-state index contributed by atoms with van der Waals surface area (Å²) in [7, 11) is 1.73. The van der Waals surface area contributed by atoms with E-state index in [2.05, 4.69) is 33.0 Å². The van der Waals surface area contributed by atoms with Gasteiger partial charge in [-0.05, 0) is 100 Å². The molecule has 1 amide bonds. The molecule has 2 heterocycles. The van der Waals surface area contributed by atoms with Gasteiger partial charge in [0.05, 0.1) is 7.11 Å². The Kier molecular flexibility index (Phi) is 8.22. The molecule has 2 aliphatic heterocycles. The molecule has 0 spiro atoms. The third kappa shape index (κ3) is 6.21. The normalized spacial score (nSPS) is 21.7. The molecule has 3 rings (SSSR count). The largest absolute Gasteiger partial charge is 0.497 e. The van der Waals surface area contributed by atoms with Crippen LogP contribution in [0.1, 0.15) is 51.0 Å². The Bertz CT molecular complexity index is 643. The molecule has 1 unspecified atom stereocenters. The molecule has 0 saturated carbocycles. The van der Waals surface area contributed by atoms with E-state index in [4.69, 9.17) is 4.74 Å². The van der Waals surface area contributed by atoms with Gasteiger partial charge in [-0.2, -0.15) is 0 Å². The molecule has 1 atom stereocenters. The zero-order valence-corrected chi connectivity index (χ0v) is 19.0. The fraction of sp³-hybridized carbons (Fsp3) is 0.696. The Labute approximate surface area is 178 Å². The lowest BCUT2D eigenvalue weighted by molar-refractivity contribution is -0.130. The quantitative estimate of drug-likeness (QED) is 0.600. The lowest BCUT2D eigenvalue weighted by Crippen LogP contribution is -2.39. The van der Waals surface area contributed by atoms with Gasteiger partial charge in [0.15, 0.2) is 0 Å². The second-order valence-corrected chi connectivity index (χ2v) is 9.42. The summed E-state index contributed by atoms with van der Waals surface area (Å²) in [5, 5.41) is 0. The summed E-state index contributed by atoms with van der Waals surface area (Å²) in [6, 6.07) is 6.28. The van der Waals surface area contributed by atoms with Crippen molar-refractivity contribution in [2.24, 2.45) is 11.8 Å². The van der Waals surface area contributed by atoms with Crippen LogP contribution in [0.5, 0.6) is 5.75 Å². The summed E-state index contributed by atoms with van der Waals surface area (Å²) >= 11 is 3.69. The number of rotatable bonds is 7. The summed E-state index contributed by atoms with van der Waals surface area (Å²) < 4.78 is 6.58. The van der Waals surface area contributed by atoms with Gasteiger partial charge in [0.2, 0.25) is 5.91 Å². The zero-order chi connectivity index (χ0) is 19.9. The lowest BCUT2D eigenvalue weighted by atomic mass is 9.89. The number of piperidine rings is 2. The van der Waals surface area contributed by atoms with Crippen LogP contribution in [0.15, 0.2) is 22.7 Å². The van der Waals surface area contributed by atoms with Gasteiger partial charge >= 0.3 is 0 Å². The van der Waals surface area contributed by atoms with Crippen molar-refractivity contribution in [3.8, 4) is 5.75 Å². The molecule has 4 nitrogen and oxygen atoms in total. The van der Waals surface area contributed by atoms with Crippen LogP contribution in [0.25, 0.3) is 0 Å². The summed E-state index contributed by atoms with van der Waals surface area (Å²) in [4.78, 5) is 16.3. The summed E-state index contributed by atoms with van der Waals surface area (Å²) in [5.41, 5.74) is 1.37. The number of likely N-dealkylation sites (tertiary alicyclic amines) is 2. The van der Waals surface area contributed by atoms with E-state index in [9.17, 15) is 4.79 Å². The summed E-state index contributed by atoms with van der Waals surface area (Å²) in [6.07, 6.45) is 8.70. The minimum absolute atomic E-state index is 0.245. The summed E-state index contributed by atoms with van der Waals surface area (Å²) in [6.45, 7) is 7.30. The Balaban J connectivity index is 1.36. The van der Waals surface area contributed by atoms with Gasteiger partial charge in [0.25, 0.3) is 0 Å². The fourth-order valence-corrected chi connectivity index (χ4v) is 5.16. The third-order valence-electron chi connectivity index (χ3n) is 6.52. The van der Waals surface area contributed by atoms with E-state index < -0.39 is 0 Å². The minimum Gasteiger partial charge on any atom is -0.497 e. The van der Waals surface area contributed by atoms with Gasteiger partial charge in [0.1, 0.15) is 5.75 Å². The fourth-order valence-electron chi connectivity index (χ4n) is 4.75. The zero-order valence-electron chi connectivity index (χ0n) is 17.5. The van der Waals surface area contributed by atoms with E-state index in [-0.39, 0.29) is 5.91 Å². The maximum atomic E-state index is 11.6. The predicted octanol–water partition coefficient (Wildman–Crippen LogP) is 4.75. The predicted molar refractivity (Wildman–Crippen MR) is 118 cm³/mol. The Morgan fingerprint density at radius 1 is 1.18 bits per heavy atom. The van der Waals surface area contributed by atoms with Crippen molar-refractivity contribution in [1.29, 1.82) is 0 Å². The second kappa shape index (κ2) is 10.6. The highest BCUT2D eigenvalue weighted by atomic mass is 79.9. The van der Waals surface area contributed by atoms with Crippen LogP contribution in [-0.2, 0) is 11.2 Å². The first-order valence-corrected chi connectivity index (χ1v) is 11.6. The number of amides is 1. The average molecular weight is 451 g/mol. The molecule has 2 saturated heterocycles. The summed E-state index contributed by atoms with van der Waals surface area (Å²) in [5.74, 6) is 2.67. The molecule has 2 aliphatic rings. The number of hydrogen-bond donors (Lipinski definition) is 0. The van der Waals surface area contributed by atoms with Crippen molar-refractivity contribution in [3.05, 3.63) is 28.2 Å². The van der Waals surface area contributed by atoms with Crippen LogP contribution in [0.3, 0.4) is 0 Å². The highest BCUT2D eigenvalue weighted by Gasteiger charge is 2.23. The number of ether oxygens (including phenoxy) is 1. The van der Waals surface area contributed by atoms with Crippen molar-refractivity contribution in [3.63, 3.8) is 0 Å². The molecule has 0 aromatic heterocycles. The van der Waals surface area contributed by atoms with Gasteiger partial charge in [-0.25, -0.2) is 0 Å². The van der Waals surface area contributed by atoms with Crippen LogP contribution in [0.2, 0.25) is 0 Å². The number of nitrogens with zero attached hydrogens (tertiary/aromatic N) is 2. The highest BCUT2D eigenvalue weighted by Crippen LogP contribution is 2.29. The Morgan fingerprint density at radius 3 is 2.68 bits per heavy atom. The Morgan fingerprint density at radius 2 is 1.96 bits per heavy atom. The first-order valence-electron chi connectivity index (χ1n) is 10.9. The van der Waals surface area contributed by atoms with E-state index in [1.807, 2.05) is 11.0 Å². The van der Waals surface area contributed by atoms with Crippen molar-refractivity contribution >= 4 is 21.8 Å². The maximum Gasteiger partial charge on any atom is 0.219 e. The van der Waals surface area contributed by atoms with Gasteiger partial charge in [0, 0.05) is 24.5 Å². The number of methoxy groups -OCH3 is 1. The van der Waals surface area contributed by atoms with E-state index in [0.717, 1.165) is 31.2 Å². The van der Waals surface area contributed by atoms with Crippen LogP contribution in [-0.4, -0.2) is 55.5 Å². The van der Waals surface area contributed by atoms with Crippen molar-refractivity contribution in [2.75, 3.05) is 39.8 Å². The van der Waals surface area contributed by atoms with Crippen molar-refractivity contribution in [1.82, 2.24) is 9.80 Å². The maximum absolute atomic E-state index is 11.6. The first kappa shape index (κ1) is 21.6. The molecule has 156 valence electrons. The molecule has 0 radical (unpaired) electrons. The van der Waals surface area contributed by atoms with Crippen LogP contribution in [0.4, 0.5) is 0 Å². The number of carbonyl (C=O) groups is 1. The molecule has 28 heavy (non-hydrogen) atoms. The first-order chi connectivity index (χ1) is 13.5. The van der Waals surface area contributed by atoms with Crippen molar-refractivity contribution in [2.45, 2.75) is 51.9 Å². The lowest BCUT2D eigenvalue weighted by Gasteiger charge is -2.34. The molecule has 0 N–H and O–H groups in total. The van der Waals surface area contributed by atoms with Gasteiger partial charge in [-0.15, -0.1) is 0 Å². The number of halogens is 1. The van der Waals surface area contributed by atoms with Crippen molar-refractivity contribution < 1.29 is 9.53 Å². The molecule has 5 heteroatoms. The molecular weight excluding hydrogens is 416 g/mol. The standard InChI is InChI=1S/C23H35BrN2O2/c1-18(27)26-12-4-6-20(17-26)5-3-11-25-13-9-19(10-14-25)15-21-16-22(28-2)7-8-23(21)24/h7-8,16,19-20H,3-6,9-15,17H2,1-2H3. The number of carbonyl (C=O) groups excluding carboxylic acids is 1. The van der Waals surface area contributed by atoms with Crippen LogP contribution < -0.4 is 4.74 Å². The molecular formula is C23H35BrN2O2. The minimum atomic E-state index is 0.245.